The number of nitrogens with one attached hydrogen (secondary N) is 1. The highest BCUT2D eigenvalue weighted by Crippen LogP contribution is 2.16. The Labute approximate surface area is 117 Å². The molecule has 0 aliphatic rings. The summed E-state index contributed by atoms with van der Waals surface area (Å²) in [6.07, 6.45) is 3.27. The van der Waals surface area contributed by atoms with Crippen molar-refractivity contribution in [2.75, 3.05) is 7.11 Å². The molecule has 0 radical (unpaired) electrons. The lowest BCUT2D eigenvalue weighted by Gasteiger charge is -2.13. The Bertz CT molecular complexity index is 604. The second kappa shape index (κ2) is 5.73. The molecular weight excluding hydrogens is 256 g/mol. The van der Waals surface area contributed by atoms with Crippen LogP contribution >= 0.6 is 0 Å². The van der Waals surface area contributed by atoms with Gasteiger partial charge >= 0.3 is 0 Å². The van der Waals surface area contributed by atoms with E-state index in [0.717, 1.165) is 11.3 Å². The van der Waals surface area contributed by atoms with E-state index < -0.39 is 0 Å². The van der Waals surface area contributed by atoms with Gasteiger partial charge in [0, 0.05) is 30.6 Å². The van der Waals surface area contributed by atoms with Crippen LogP contribution in [0.4, 0.5) is 0 Å². The van der Waals surface area contributed by atoms with Crippen molar-refractivity contribution in [2.45, 2.75) is 19.9 Å². The van der Waals surface area contributed by atoms with Gasteiger partial charge in [-0.1, -0.05) is 0 Å². The highest BCUT2D eigenvalue weighted by atomic mass is 16.5. The first-order valence-corrected chi connectivity index (χ1v) is 6.32. The van der Waals surface area contributed by atoms with Gasteiger partial charge in [-0.2, -0.15) is 5.10 Å². The fourth-order valence-corrected chi connectivity index (χ4v) is 1.93. The SMILES string of the molecule is COc1ccc(C(=O)N[C@@H](C)c2cnn(C)c2C)cn1. The number of aromatic nitrogens is 3. The topological polar surface area (TPSA) is 69.0 Å². The van der Waals surface area contributed by atoms with Crippen LogP contribution < -0.4 is 10.1 Å². The molecule has 6 heteroatoms. The van der Waals surface area contributed by atoms with Crippen molar-refractivity contribution in [1.29, 1.82) is 0 Å². The number of carbonyl (C=O) groups is 1. The summed E-state index contributed by atoms with van der Waals surface area (Å²) in [6, 6.07) is 3.23. The Hall–Kier alpha value is -2.37. The maximum absolute atomic E-state index is 12.1. The highest BCUT2D eigenvalue weighted by Gasteiger charge is 2.15. The molecule has 106 valence electrons. The summed E-state index contributed by atoms with van der Waals surface area (Å²) in [5.41, 5.74) is 2.53. The molecule has 2 rings (SSSR count). The van der Waals surface area contributed by atoms with Gasteiger partial charge in [-0.3, -0.25) is 9.48 Å². The molecule has 0 unspecified atom stereocenters. The zero-order valence-corrected chi connectivity index (χ0v) is 12.0. The zero-order chi connectivity index (χ0) is 14.7. The normalized spacial score (nSPS) is 12.0. The number of pyridine rings is 1. The largest absolute Gasteiger partial charge is 0.481 e. The maximum Gasteiger partial charge on any atom is 0.253 e. The van der Waals surface area contributed by atoms with Crippen molar-refractivity contribution >= 4 is 5.91 Å². The number of hydrogen-bond donors (Lipinski definition) is 1. The van der Waals surface area contributed by atoms with E-state index in [1.54, 1.807) is 23.0 Å². The summed E-state index contributed by atoms with van der Waals surface area (Å²) in [7, 11) is 3.41. The van der Waals surface area contributed by atoms with Crippen LogP contribution in [0.1, 0.15) is 34.6 Å². The summed E-state index contributed by atoms with van der Waals surface area (Å²) in [6.45, 7) is 3.90. The first-order chi connectivity index (χ1) is 9.52. The molecule has 2 aromatic rings. The lowest BCUT2D eigenvalue weighted by atomic mass is 10.1. The molecule has 0 aliphatic carbocycles. The predicted octanol–water partition coefficient (Wildman–Crippen LogP) is 1.62. The van der Waals surface area contributed by atoms with Crippen LogP contribution in [-0.2, 0) is 7.05 Å². The summed E-state index contributed by atoms with van der Waals surface area (Å²) >= 11 is 0. The van der Waals surface area contributed by atoms with E-state index in [1.165, 1.54) is 13.3 Å². The van der Waals surface area contributed by atoms with Crippen molar-refractivity contribution < 1.29 is 9.53 Å². The fraction of sp³-hybridized carbons (Fsp3) is 0.357. The summed E-state index contributed by atoms with van der Waals surface area (Å²) in [5.74, 6) is 0.314. The van der Waals surface area contributed by atoms with Crippen molar-refractivity contribution in [3.05, 3.63) is 41.3 Å². The zero-order valence-electron chi connectivity index (χ0n) is 12.0. The maximum atomic E-state index is 12.1. The third-order valence-electron chi connectivity index (χ3n) is 3.29. The molecule has 20 heavy (non-hydrogen) atoms. The Kier molecular flexibility index (Phi) is 4.02. The van der Waals surface area contributed by atoms with Crippen LogP contribution in [0.15, 0.2) is 24.5 Å². The van der Waals surface area contributed by atoms with Crippen LogP contribution in [0.5, 0.6) is 5.88 Å². The molecule has 0 aliphatic heterocycles. The summed E-state index contributed by atoms with van der Waals surface area (Å²) in [4.78, 5) is 16.1. The number of rotatable bonds is 4. The van der Waals surface area contributed by atoms with E-state index >= 15 is 0 Å². The van der Waals surface area contributed by atoms with Gasteiger partial charge in [0.25, 0.3) is 5.91 Å². The number of ether oxygens (including phenoxy) is 1. The highest BCUT2D eigenvalue weighted by molar-refractivity contribution is 5.94. The molecule has 1 N–H and O–H groups in total. The number of nitrogens with zero attached hydrogens (tertiary/aromatic N) is 3. The molecule has 1 atom stereocenters. The third-order valence-corrected chi connectivity index (χ3v) is 3.29. The van der Waals surface area contributed by atoms with Gasteiger partial charge in [-0.25, -0.2) is 4.98 Å². The molecule has 0 aromatic carbocycles. The van der Waals surface area contributed by atoms with E-state index in [1.807, 2.05) is 20.9 Å². The van der Waals surface area contributed by atoms with Crippen molar-refractivity contribution in [2.24, 2.45) is 7.05 Å². The van der Waals surface area contributed by atoms with Crippen molar-refractivity contribution in [3.63, 3.8) is 0 Å². The quantitative estimate of drug-likeness (QED) is 0.920. The Morgan fingerprint density at radius 2 is 2.15 bits per heavy atom. The Balaban J connectivity index is 2.08. The van der Waals surface area contributed by atoms with E-state index in [4.69, 9.17) is 4.74 Å². The third kappa shape index (κ3) is 2.79. The average molecular weight is 274 g/mol. The minimum Gasteiger partial charge on any atom is -0.481 e. The van der Waals surface area contributed by atoms with Gasteiger partial charge < -0.3 is 10.1 Å². The molecule has 0 fully saturated rings. The van der Waals surface area contributed by atoms with E-state index in [-0.39, 0.29) is 11.9 Å². The summed E-state index contributed by atoms with van der Waals surface area (Å²) < 4.78 is 6.75. The number of amides is 1. The summed E-state index contributed by atoms with van der Waals surface area (Å²) in [5, 5.41) is 7.11. The van der Waals surface area contributed by atoms with Crippen molar-refractivity contribution in [1.82, 2.24) is 20.1 Å². The van der Waals surface area contributed by atoms with Crippen LogP contribution in [0.3, 0.4) is 0 Å². The first kappa shape index (κ1) is 14.0. The second-order valence-corrected chi connectivity index (χ2v) is 4.59. The minimum absolute atomic E-state index is 0.113. The molecule has 0 saturated heterocycles. The second-order valence-electron chi connectivity index (χ2n) is 4.59. The van der Waals surface area contributed by atoms with Gasteiger partial charge in [0.15, 0.2) is 0 Å². The van der Waals surface area contributed by atoms with E-state index in [0.29, 0.717) is 11.4 Å². The van der Waals surface area contributed by atoms with Crippen LogP contribution in [-0.4, -0.2) is 27.8 Å². The van der Waals surface area contributed by atoms with Crippen molar-refractivity contribution in [3.8, 4) is 5.88 Å². The molecule has 0 spiro atoms. The van der Waals surface area contributed by atoms with Crippen LogP contribution in [0.25, 0.3) is 0 Å². The lowest BCUT2D eigenvalue weighted by molar-refractivity contribution is 0.0939. The molecule has 2 aromatic heterocycles. The lowest BCUT2D eigenvalue weighted by Crippen LogP contribution is -2.27. The minimum atomic E-state index is -0.170. The molecule has 1 amide bonds. The number of methoxy groups -OCH3 is 1. The standard InChI is InChI=1S/C14H18N4O2/c1-9(12-8-16-18(3)10(12)2)17-14(19)11-5-6-13(20-4)15-7-11/h5-9H,1-4H3,(H,17,19)/t9-/m0/s1. The molecule has 2 heterocycles. The average Bonchev–Trinajstić information content (AvgIpc) is 2.79. The van der Waals surface area contributed by atoms with Gasteiger partial charge in [0.05, 0.1) is 24.9 Å². The molecule has 0 saturated carbocycles. The Morgan fingerprint density at radius 3 is 2.65 bits per heavy atom. The van der Waals surface area contributed by atoms with Gasteiger partial charge in [-0.05, 0) is 19.9 Å². The first-order valence-electron chi connectivity index (χ1n) is 6.32. The van der Waals surface area contributed by atoms with Gasteiger partial charge in [0.2, 0.25) is 5.88 Å². The number of aryl methyl sites for hydroxylation is 1. The van der Waals surface area contributed by atoms with E-state index in [2.05, 4.69) is 15.4 Å². The fourth-order valence-electron chi connectivity index (χ4n) is 1.93. The van der Waals surface area contributed by atoms with Crippen LogP contribution in [0, 0.1) is 6.92 Å². The van der Waals surface area contributed by atoms with Gasteiger partial charge in [0.1, 0.15) is 0 Å². The number of carbonyl (C=O) groups excluding carboxylic acids is 1. The predicted molar refractivity (Wildman–Crippen MR) is 74.6 cm³/mol. The smallest absolute Gasteiger partial charge is 0.253 e. The van der Waals surface area contributed by atoms with E-state index in [9.17, 15) is 4.79 Å². The molecular formula is C14H18N4O2. The molecule has 0 bridgehead atoms. The van der Waals surface area contributed by atoms with Gasteiger partial charge in [-0.15, -0.1) is 0 Å². The molecule has 6 nitrogen and oxygen atoms in total. The number of hydrogen-bond acceptors (Lipinski definition) is 4. The Morgan fingerprint density at radius 1 is 1.40 bits per heavy atom. The van der Waals surface area contributed by atoms with Crippen LogP contribution in [0.2, 0.25) is 0 Å². The monoisotopic (exact) mass is 274 g/mol.